The van der Waals surface area contributed by atoms with Crippen molar-refractivity contribution in [3.63, 3.8) is 0 Å². The van der Waals surface area contributed by atoms with Crippen molar-refractivity contribution in [1.82, 2.24) is 4.98 Å². The number of aromatic hydroxyl groups is 1. The van der Waals surface area contributed by atoms with Gasteiger partial charge >= 0.3 is 0 Å². The zero-order valence-corrected chi connectivity index (χ0v) is 14.8. The molecule has 132 valence electrons. The van der Waals surface area contributed by atoms with E-state index in [4.69, 9.17) is 4.42 Å². The van der Waals surface area contributed by atoms with Crippen LogP contribution >= 0.6 is 0 Å². The average molecular weight is 354 g/mol. The fraction of sp³-hybridized carbons (Fsp3) is 0.0435. The van der Waals surface area contributed by atoms with Crippen LogP contribution < -0.4 is 0 Å². The van der Waals surface area contributed by atoms with Gasteiger partial charge in [0.2, 0.25) is 5.89 Å². The van der Waals surface area contributed by atoms with Gasteiger partial charge in [0, 0.05) is 6.21 Å². The molecular formula is C23H18N2O2. The number of aryl methyl sites for hydroxylation is 1. The van der Waals surface area contributed by atoms with Crippen LogP contribution in [0.15, 0.2) is 82.2 Å². The summed E-state index contributed by atoms with van der Waals surface area (Å²) in [5.74, 6) is 0.488. The van der Waals surface area contributed by atoms with E-state index < -0.39 is 0 Å². The third-order valence-corrected chi connectivity index (χ3v) is 4.15. The lowest BCUT2D eigenvalue weighted by Crippen LogP contribution is -1.79. The van der Waals surface area contributed by atoms with Gasteiger partial charge < -0.3 is 9.52 Å². The quantitative estimate of drug-likeness (QED) is 0.462. The first-order valence-electron chi connectivity index (χ1n) is 8.65. The number of rotatable bonds is 4. The number of aliphatic imine (C=N–C) groups is 1. The lowest BCUT2D eigenvalue weighted by atomic mass is 10.2. The maximum Gasteiger partial charge on any atom is 0.231 e. The number of nitrogens with zero attached hydrogens (tertiary/aromatic N) is 2. The lowest BCUT2D eigenvalue weighted by molar-refractivity contribution is 0.474. The van der Waals surface area contributed by atoms with Gasteiger partial charge in [-0.15, -0.1) is 0 Å². The van der Waals surface area contributed by atoms with Gasteiger partial charge in [0.1, 0.15) is 11.3 Å². The van der Waals surface area contributed by atoms with E-state index in [1.807, 2.05) is 67.6 Å². The average Bonchev–Trinajstić information content (AvgIpc) is 3.10. The first kappa shape index (κ1) is 16.8. The molecule has 0 unspecified atom stereocenters. The summed E-state index contributed by atoms with van der Waals surface area (Å²) in [6.45, 7) is 2.00. The summed E-state index contributed by atoms with van der Waals surface area (Å²) in [5.41, 5.74) is 4.90. The van der Waals surface area contributed by atoms with E-state index in [1.54, 1.807) is 24.4 Å². The van der Waals surface area contributed by atoms with Crippen molar-refractivity contribution < 1.29 is 9.52 Å². The lowest BCUT2D eigenvalue weighted by Gasteiger charge is -2.01. The zero-order valence-electron chi connectivity index (χ0n) is 14.8. The Labute approximate surface area is 157 Å². The molecule has 0 saturated carbocycles. The highest BCUT2D eigenvalue weighted by molar-refractivity contribution is 5.82. The van der Waals surface area contributed by atoms with Gasteiger partial charge in [-0.3, -0.25) is 4.99 Å². The molecule has 0 aliphatic rings. The molecule has 0 radical (unpaired) electrons. The minimum Gasteiger partial charge on any atom is -0.507 e. The Kier molecular flexibility index (Phi) is 4.54. The van der Waals surface area contributed by atoms with Crippen LogP contribution in [0.5, 0.6) is 5.75 Å². The number of aromatic nitrogens is 1. The number of phenols is 1. The summed E-state index contributed by atoms with van der Waals surface area (Å²) in [6, 6.07) is 20.9. The van der Waals surface area contributed by atoms with Gasteiger partial charge in [-0.25, -0.2) is 4.98 Å². The minimum absolute atomic E-state index is 0.108. The van der Waals surface area contributed by atoms with Gasteiger partial charge in [-0.05, 0) is 54.5 Å². The fourth-order valence-electron chi connectivity index (χ4n) is 2.78. The van der Waals surface area contributed by atoms with E-state index in [0.717, 1.165) is 16.6 Å². The first-order valence-corrected chi connectivity index (χ1v) is 8.65. The van der Waals surface area contributed by atoms with Crippen molar-refractivity contribution in [3.8, 4) is 17.2 Å². The number of fused-ring (bicyclic) bond motifs is 1. The third kappa shape index (κ3) is 3.80. The molecule has 1 heterocycles. The molecule has 0 amide bonds. The van der Waals surface area contributed by atoms with Crippen molar-refractivity contribution in [2.24, 2.45) is 4.99 Å². The van der Waals surface area contributed by atoms with Crippen LogP contribution in [0.3, 0.4) is 0 Å². The second-order valence-corrected chi connectivity index (χ2v) is 6.24. The van der Waals surface area contributed by atoms with Gasteiger partial charge in [0.15, 0.2) is 5.58 Å². The number of hydrogen-bond acceptors (Lipinski definition) is 4. The molecule has 0 atom stereocenters. The molecular weight excluding hydrogens is 336 g/mol. The van der Waals surface area contributed by atoms with Gasteiger partial charge in [-0.1, -0.05) is 42.5 Å². The monoisotopic (exact) mass is 354 g/mol. The third-order valence-electron chi connectivity index (χ3n) is 4.15. The summed E-state index contributed by atoms with van der Waals surface area (Å²) >= 11 is 0. The summed E-state index contributed by atoms with van der Waals surface area (Å²) in [5, 5.41) is 10.2. The maximum absolute atomic E-state index is 10.2. The van der Waals surface area contributed by atoms with Gasteiger partial charge in [0.25, 0.3) is 0 Å². The predicted octanol–water partition coefficient (Wildman–Crippen LogP) is 5.92. The normalized spacial score (nSPS) is 11.7. The Morgan fingerprint density at radius 3 is 2.70 bits per heavy atom. The van der Waals surface area contributed by atoms with Crippen LogP contribution in [0.25, 0.3) is 28.6 Å². The molecule has 0 saturated heterocycles. The Balaban J connectivity index is 1.61. The van der Waals surface area contributed by atoms with Crippen LogP contribution in [0.1, 0.15) is 11.1 Å². The smallest absolute Gasteiger partial charge is 0.231 e. The Morgan fingerprint density at radius 1 is 1.00 bits per heavy atom. The summed E-state index contributed by atoms with van der Waals surface area (Å²) in [7, 11) is 0. The molecule has 4 aromatic rings. The van der Waals surface area contributed by atoms with Crippen molar-refractivity contribution in [3.05, 3.63) is 83.9 Å². The maximum atomic E-state index is 10.2. The molecule has 0 aliphatic carbocycles. The van der Waals surface area contributed by atoms with Gasteiger partial charge in [-0.2, -0.15) is 0 Å². The van der Waals surface area contributed by atoms with Crippen LogP contribution in [-0.2, 0) is 0 Å². The molecule has 27 heavy (non-hydrogen) atoms. The Bertz CT molecular complexity index is 1140. The van der Waals surface area contributed by atoms with Crippen LogP contribution in [0.2, 0.25) is 0 Å². The summed E-state index contributed by atoms with van der Waals surface area (Å²) < 4.78 is 5.79. The van der Waals surface area contributed by atoms with E-state index >= 15 is 0 Å². The highest BCUT2D eigenvalue weighted by atomic mass is 16.3. The SMILES string of the molecule is Cc1ccc2oc(-c3cc(N=C/C=C\c4ccccc4)ccc3O)nc2c1. The second kappa shape index (κ2) is 7.30. The van der Waals surface area contributed by atoms with E-state index in [0.29, 0.717) is 22.7 Å². The number of hydrogen-bond donors (Lipinski definition) is 1. The molecule has 0 fully saturated rings. The molecule has 3 aromatic carbocycles. The van der Waals surface area contributed by atoms with Gasteiger partial charge in [0.05, 0.1) is 11.3 Å². The largest absolute Gasteiger partial charge is 0.507 e. The van der Waals surface area contributed by atoms with E-state index in [2.05, 4.69) is 9.98 Å². The summed E-state index contributed by atoms with van der Waals surface area (Å²) in [6.07, 6.45) is 5.58. The fourth-order valence-corrected chi connectivity index (χ4v) is 2.78. The van der Waals surface area contributed by atoms with E-state index in [9.17, 15) is 5.11 Å². The molecule has 0 aliphatic heterocycles. The molecule has 1 aromatic heterocycles. The zero-order chi connectivity index (χ0) is 18.6. The van der Waals surface area contributed by atoms with Crippen molar-refractivity contribution in [2.45, 2.75) is 6.92 Å². The molecule has 4 nitrogen and oxygen atoms in total. The number of oxazole rings is 1. The number of benzene rings is 3. The van der Waals surface area contributed by atoms with Crippen molar-refractivity contribution in [1.29, 1.82) is 0 Å². The van der Waals surface area contributed by atoms with Crippen LogP contribution in [-0.4, -0.2) is 16.3 Å². The minimum atomic E-state index is 0.108. The predicted molar refractivity (Wildman–Crippen MR) is 109 cm³/mol. The molecule has 4 rings (SSSR count). The Morgan fingerprint density at radius 2 is 1.85 bits per heavy atom. The summed E-state index contributed by atoms with van der Waals surface area (Å²) in [4.78, 5) is 8.91. The number of phenolic OH excluding ortho intramolecular Hbond substituents is 1. The molecule has 0 bridgehead atoms. The second-order valence-electron chi connectivity index (χ2n) is 6.24. The molecule has 0 spiro atoms. The molecule has 1 N–H and O–H groups in total. The van der Waals surface area contributed by atoms with Crippen molar-refractivity contribution >= 4 is 29.1 Å². The highest BCUT2D eigenvalue weighted by Crippen LogP contribution is 2.34. The van der Waals surface area contributed by atoms with Crippen LogP contribution in [0.4, 0.5) is 5.69 Å². The number of allylic oxidation sites excluding steroid dienone is 1. The molecule has 4 heteroatoms. The van der Waals surface area contributed by atoms with Crippen LogP contribution in [0, 0.1) is 6.92 Å². The van der Waals surface area contributed by atoms with E-state index in [-0.39, 0.29) is 5.75 Å². The highest BCUT2D eigenvalue weighted by Gasteiger charge is 2.13. The van der Waals surface area contributed by atoms with Crippen molar-refractivity contribution in [2.75, 3.05) is 0 Å². The van der Waals surface area contributed by atoms with E-state index in [1.165, 1.54) is 0 Å². The topological polar surface area (TPSA) is 58.6 Å². The Hall–Kier alpha value is -3.66. The first-order chi connectivity index (χ1) is 13.2. The standard InChI is InChI=1S/C23H18N2O2/c1-16-9-12-22-20(14-16)25-23(27-22)19-15-18(10-11-21(19)26)24-13-5-8-17-6-3-2-4-7-17/h2-15,26H,1H3/b8-5-,24-13?.